The molecule has 0 amide bonds. The molecule has 0 spiro atoms. The Morgan fingerprint density at radius 1 is 1.42 bits per heavy atom. The molecule has 0 aliphatic rings. The van der Waals surface area contributed by atoms with Crippen LogP contribution in [0, 0.1) is 0 Å². The summed E-state index contributed by atoms with van der Waals surface area (Å²) >= 11 is 1.57. The number of rotatable bonds is 7. The van der Waals surface area contributed by atoms with Gasteiger partial charge in [0.15, 0.2) is 5.44 Å². The number of thioether (sulfide) groups is 1. The predicted molar refractivity (Wildman–Crippen MR) is 75.4 cm³/mol. The van der Waals surface area contributed by atoms with Crippen LogP contribution in [0.4, 0.5) is 0 Å². The summed E-state index contributed by atoms with van der Waals surface area (Å²) in [5.41, 5.74) is -0.0485. The maximum absolute atomic E-state index is 10.9. The van der Waals surface area contributed by atoms with E-state index in [1.54, 1.807) is 18.0 Å². The molecule has 0 aliphatic heterocycles. The SMILES string of the molecule is CNCC(Oc1ccccc1)SCc1c[nH]c(=O)o1. The van der Waals surface area contributed by atoms with Crippen LogP contribution < -0.4 is 15.8 Å². The van der Waals surface area contributed by atoms with Crippen molar-refractivity contribution in [2.75, 3.05) is 13.6 Å². The zero-order valence-electron chi connectivity index (χ0n) is 10.6. The van der Waals surface area contributed by atoms with Gasteiger partial charge in [-0.05, 0) is 19.2 Å². The number of nitrogens with one attached hydrogen (secondary N) is 2. The fourth-order valence-corrected chi connectivity index (χ4v) is 2.47. The van der Waals surface area contributed by atoms with Gasteiger partial charge in [0, 0.05) is 12.7 Å². The standard InChI is InChI=1S/C13H16N2O3S/c1-14-8-12(17-10-5-3-2-4-6-10)19-9-11-7-15-13(16)18-11/h2-7,12,14H,8-9H2,1H3,(H,15,16). The van der Waals surface area contributed by atoms with E-state index in [0.717, 1.165) is 5.75 Å². The van der Waals surface area contributed by atoms with Gasteiger partial charge in [0.2, 0.25) is 0 Å². The normalized spacial score (nSPS) is 12.3. The molecule has 2 rings (SSSR count). The summed E-state index contributed by atoms with van der Waals surface area (Å²) in [7, 11) is 1.87. The van der Waals surface area contributed by atoms with Crippen molar-refractivity contribution >= 4 is 11.8 Å². The molecule has 19 heavy (non-hydrogen) atoms. The zero-order valence-corrected chi connectivity index (χ0v) is 11.4. The Kier molecular flexibility index (Phi) is 5.11. The molecule has 2 aromatic rings. The molecule has 0 saturated carbocycles. The summed E-state index contributed by atoms with van der Waals surface area (Å²) < 4.78 is 10.8. The molecule has 1 atom stereocenters. The van der Waals surface area contributed by atoms with Crippen molar-refractivity contribution in [1.29, 1.82) is 0 Å². The van der Waals surface area contributed by atoms with Crippen molar-refractivity contribution in [3.05, 3.63) is 52.8 Å². The molecule has 1 aromatic heterocycles. The number of hydrogen-bond donors (Lipinski definition) is 2. The molecular formula is C13H16N2O3S. The molecule has 0 aliphatic carbocycles. The first-order valence-electron chi connectivity index (χ1n) is 5.93. The molecule has 0 radical (unpaired) electrons. The number of aromatic amines is 1. The highest BCUT2D eigenvalue weighted by atomic mass is 32.2. The van der Waals surface area contributed by atoms with Crippen molar-refractivity contribution in [3.63, 3.8) is 0 Å². The second kappa shape index (κ2) is 7.06. The van der Waals surface area contributed by atoms with E-state index < -0.39 is 5.76 Å². The van der Waals surface area contributed by atoms with Gasteiger partial charge in [-0.25, -0.2) is 4.79 Å². The van der Waals surface area contributed by atoms with Crippen LogP contribution in [0.25, 0.3) is 0 Å². The fraction of sp³-hybridized carbons (Fsp3) is 0.308. The minimum atomic E-state index is -0.426. The van der Waals surface area contributed by atoms with Gasteiger partial charge < -0.3 is 14.5 Å². The van der Waals surface area contributed by atoms with Gasteiger partial charge in [-0.3, -0.25) is 4.98 Å². The van der Waals surface area contributed by atoms with Gasteiger partial charge in [0.05, 0.1) is 5.75 Å². The maximum Gasteiger partial charge on any atom is 0.416 e. The first-order chi connectivity index (χ1) is 9.28. The number of likely N-dealkylation sites (N-methyl/N-ethyl adjacent to an activating group) is 1. The quantitative estimate of drug-likeness (QED) is 0.757. The Hall–Kier alpha value is -1.66. The van der Waals surface area contributed by atoms with E-state index in [4.69, 9.17) is 9.15 Å². The van der Waals surface area contributed by atoms with Gasteiger partial charge in [0.1, 0.15) is 11.5 Å². The number of aromatic nitrogens is 1. The summed E-state index contributed by atoms with van der Waals surface area (Å²) in [5, 5.41) is 3.08. The first kappa shape index (κ1) is 13.8. The van der Waals surface area contributed by atoms with Gasteiger partial charge in [0.25, 0.3) is 0 Å². The molecule has 5 nitrogen and oxygen atoms in total. The van der Waals surface area contributed by atoms with Gasteiger partial charge >= 0.3 is 5.76 Å². The third kappa shape index (κ3) is 4.50. The van der Waals surface area contributed by atoms with Crippen LogP contribution in [0.15, 0.2) is 45.7 Å². The molecule has 0 fully saturated rings. The van der Waals surface area contributed by atoms with Crippen LogP contribution in [-0.4, -0.2) is 24.0 Å². The lowest BCUT2D eigenvalue weighted by Crippen LogP contribution is -2.26. The average Bonchev–Trinajstić information content (AvgIpc) is 2.83. The molecular weight excluding hydrogens is 264 g/mol. The van der Waals surface area contributed by atoms with E-state index in [2.05, 4.69) is 10.3 Å². The molecule has 102 valence electrons. The number of H-pyrrole nitrogens is 1. The number of para-hydroxylation sites is 1. The number of benzene rings is 1. The maximum atomic E-state index is 10.9. The topological polar surface area (TPSA) is 67.3 Å². The summed E-state index contributed by atoms with van der Waals surface area (Å²) in [5.74, 6) is 1.60. The Morgan fingerprint density at radius 2 is 2.21 bits per heavy atom. The Morgan fingerprint density at radius 3 is 2.84 bits per heavy atom. The summed E-state index contributed by atoms with van der Waals surface area (Å²) in [6.45, 7) is 0.703. The molecule has 0 saturated heterocycles. The predicted octanol–water partition coefficient (Wildman–Crippen LogP) is 1.83. The van der Waals surface area contributed by atoms with Gasteiger partial charge in [-0.15, -0.1) is 11.8 Å². The summed E-state index contributed by atoms with van der Waals surface area (Å²) in [6.07, 6.45) is 1.58. The van der Waals surface area contributed by atoms with Crippen molar-refractivity contribution in [3.8, 4) is 5.75 Å². The first-order valence-corrected chi connectivity index (χ1v) is 6.98. The van der Waals surface area contributed by atoms with Crippen molar-refractivity contribution in [2.45, 2.75) is 11.2 Å². The summed E-state index contributed by atoms with van der Waals surface area (Å²) in [6, 6.07) is 9.64. The van der Waals surface area contributed by atoms with Crippen LogP contribution in [-0.2, 0) is 5.75 Å². The monoisotopic (exact) mass is 280 g/mol. The number of hydrogen-bond acceptors (Lipinski definition) is 5. The number of oxazole rings is 1. The van der Waals surface area contributed by atoms with E-state index in [9.17, 15) is 4.79 Å². The minimum absolute atomic E-state index is 0.0485. The average molecular weight is 280 g/mol. The van der Waals surface area contributed by atoms with E-state index in [1.165, 1.54) is 0 Å². The lowest BCUT2D eigenvalue weighted by Gasteiger charge is -2.17. The molecule has 0 bridgehead atoms. The molecule has 1 aromatic carbocycles. The smallest absolute Gasteiger partial charge is 0.416 e. The zero-order chi connectivity index (χ0) is 13.5. The second-order valence-corrected chi connectivity index (χ2v) is 5.02. The molecule has 1 unspecified atom stereocenters. The Bertz CT molecular complexity index is 538. The highest BCUT2D eigenvalue weighted by Gasteiger charge is 2.11. The lowest BCUT2D eigenvalue weighted by molar-refractivity contribution is 0.285. The van der Waals surface area contributed by atoms with Gasteiger partial charge in [-0.2, -0.15) is 0 Å². The van der Waals surface area contributed by atoms with E-state index in [0.29, 0.717) is 18.1 Å². The second-order valence-electron chi connectivity index (χ2n) is 3.87. The minimum Gasteiger partial charge on any atom is -0.478 e. The van der Waals surface area contributed by atoms with Crippen molar-refractivity contribution in [2.24, 2.45) is 0 Å². The van der Waals surface area contributed by atoms with Crippen LogP contribution >= 0.6 is 11.8 Å². The fourth-order valence-electron chi connectivity index (χ4n) is 1.52. The highest BCUT2D eigenvalue weighted by molar-refractivity contribution is 7.99. The summed E-state index contributed by atoms with van der Waals surface area (Å²) in [4.78, 5) is 13.4. The third-order valence-electron chi connectivity index (χ3n) is 2.37. The lowest BCUT2D eigenvalue weighted by atomic mass is 10.3. The molecule has 6 heteroatoms. The van der Waals surface area contributed by atoms with Crippen LogP contribution in [0.1, 0.15) is 5.76 Å². The largest absolute Gasteiger partial charge is 0.478 e. The van der Waals surface area contributed by atoms with Crippen LogP contribution in [0.3, 0.4) is 0 Å². The van der Waals surface area contributed by atoms with Crippen LogP contribution in [0.2, 0.25) is 0 Å². The van der Waals surface area contributed by atoms with E-state index >= 15 is 0 Å². The van der Waals surface area contributed by atoms with E-state index in [-0.39, 0.29) is 5.44 Å². The van der Waals surface area contributed by atoms with Crippen molar-refractivity contribution in [1.82, 2.24) is 10.3 Å². The van der Waals surface area contributed by atoms with Crippen molar-refractivity contribution < 1.29 is 9.15 Å². The Balaban J connectivity index is 1.90. The van der Waals surface area contributed by atoms with E-state index in [1.807, 2.05) is 37.4 Å². The van der Waals surface area contributed by atoms with Gasteiger partial charge in [-0.1, -0.05) is 18.2 Å². The molecule has 1 heterocycles. The number of ether oxygens (including phenoxy) is 1. The Labute approximate surface area is 115 Å². The van der Waals surface area contributed by atoms with Crippen LogP contribution in [0.5, 0.6) is 5.75 Å². The highest BCUT2D eigenvalue weighted by Crippen LogP contribution is 2.21. The molecule has 2 N–H and O–H groups in total. The third-order valence-corrected chi connectivity index (χ3v) is 3.45.